The molecule has 1 N–H and O–H groups in total. The summed E-state index contributed by atoms with van der Waals surface area (Å²) in [5.74, 6) is 0.939. The molecule has 0 bridgehead atoms. The minimum Gasteiger partial charge on any atom is -0.311 e. The number of rotatable bonds is 3. The molecular formula is C14H18BrN. The highest BCUT2D eigenvalue weighted by atomic mass is 79.9. The maximum absolute atomic E-state index is 3.78. The number of hydrogen-bond acceptors (Lipinski definition) is 1. The molecule has 2 heteroatoms. The van der Waals surface area contributed by atoms with Crippen LogP contribution in [0.2, 0.25) is 0 Å². The van der Waals surface area contributed by atoms with E-state index in [2.05, 4.69) is 45.5 Å². The first-order chi connectivity index (χ1) is 7.78. The molecule has 1 aliphatic carbocycles. The lowest BCUT2D eigenvalue weighted by atomic mass is 9.85. The van der Waals surface area contributed by atoms with Crippen molar-refractivity contribution in [1.29, 1.82) is 0 Å². The first kappa shape index (κ1) is 10.8. The fourth-order valence-corrected chi connectivity index (χ4v) is 3.57. The highest BCUT2D eigenvalue weighted by Gasteiger charge is 2.46. The van der Waals surface area contributed by atoms with Gasteiger partial charge in [-0.3, -0.25) is 0 Å². The van der Waals surface area contributed by atoms with E-state index in [4.69, 9.17) is 0 Å². The van der Waals surface area contributed by atoms with E-state index in [-0.39, 0.29) is 0 Å². The third-order valence-electron chi connectivity index (χ3n) is 4.04. The summed E-state index contributed by atoms with van der Waals surface area (Å²) in [6.45, 7) is 1.21. The molecule has 1 aromatic carbocycles. The Balaban J connectivity index is 1.81. The Morgan fingerprint density at radius 3 is 2.88 bits per heavy atom. The average molecular weight is 280 g/mol. The fraction of sp³-hybridized carbons (Fsp3) is 0.571. The van der Waals surface area contributed by atoms with E-state index in [1.54, 1.807) is 0 Å². The summed E-state index contributed by atoms with van der Waals surface area (Å²) < 4.78 is 1.20. The van der Waals surface area contributed by atoms with Crippen molar-refractivity contribution in [3.05, 3.63) is 34.3 Å². The van der Waals surface area contributed by atoms with Crippen molar-refractivity contribution >= 4 is 15.9 Å². The Kier molecular flexibility index (Phi) is 2.80. The summed E-state index contributed by atoms with van der Waals surface area (Å²) in [7, 11) is 0. The van der Waals surface area contributed by atoms with Gasteiger partial charge in [0.2, 0.25) is 0 Å². The molecule has 16 heavy (non-hydrogen) atoms. The van der Waals surface area contributed by atoms with Crippen LogP contribution in [-0.4, -0.2) is 12.1 Å². The van der Waals surface area contributed by atoms with Crippen molar-refractivity contribution < 1.29 is 0 Å². The Bertz CT molecular complexity index is 378. The van der Waals surface area contributed by atoms with E-state index in [1.807, 2.05) is 0 Å². The summed E-state index contributed by atoms with van der Waals surface area (Å²) in [5.41, 5.74) is 1.90. The van der Waals surface area contributed by atoms with Gasteiger partial charge in [0, 0.05) is 10.0 Å². The first-order valence-corrected chi connectivity index (χ1v) is 7.07. The van der Waals surface area contributed by atoms with Crippen LogP contribution in [0, 0.1) is 5.92 Å². The molecule has 1 nitrogen and oxygen atoms in total. The largest absolute Gasteiger partial charge is 0.311 e. The Morgan fingerprint density at radius 2 is 2.25 bits per heavy atom. The number of hydrogen-bond donors (Lipinski definition) is 1. The van der Waals surface area contributed by atoms with Crippen LogP contribution in [0.25, 0.3) is 0 Å². The maximum Gasteiger partial charge on any atom is 0.0250 e. The second kappa shape index (κ2) is 4.15. The molecule has 2 fully saturated rings. The summed E-state index contributed by atoms with van der Waals surface area (Å²) in [6.07, 6.45) is 6.79. The summed E-state index contributed by atoms with van der Waals surface area (Å²) in [6, 6.07) is 8.78. The highest BCUT2D eigenvalue weighted by Crippen LogP contribution is 2.45. The van der Waals surface area contributed by atoms with Crippen molar-refractivity contribution in [2.75, 3.05) is 6.54 Å². The topological polar surface area (TPSA) is 12.0 Å². The van der Waals surface area contributed by atoms with Crippen LogP contribution in [0.3, 0.4) is 0 Å². The molecular weight excluding hydrogens is 262 g/mol. The molecule has 0 aromatic heterocycles. The van der Waals surface area contributed by atoms with Gasteiger partial charge in [0.1, 0.15) is 0 Å². The minimum absolute atomic E-state index is 0.431. The monoisotopic (exact) mass is 279 g/mol. The van der Waals surface area contributed by atoms with Gasteiger partial charge in [-0.15, -0.1) is 0 Å². The van der Waals surface area contributed by atoms with Gasteiger partial charge in [0.15, 0.2) is 0 Å². The standard InChI is InChI=1S/C14H18BrN/c15-13-4-1-3-11(9-13)10-14(12-5-6-12)7-2-8-16-14/h1,3-4,9,12,16H,2,5-8,10H2. The summed E-state index contributed by atoms with van der Waals surface area (Å²) in [5, 5.41) is 3.78. The zero-order chi connectivity index (χ0) is 11.0. The number of halogens is 1. The van der Waals surface area contributed by atoms with E-state index in [0.717, 1.165) is 5.92 Å². The lowest BCUT2D eigenvalue weighted by Gasteiger charge is -2.30. The zero-order valence-electron chi connectivity index (χ0n) is 9.51. The Morgan fingerprint density at radius 1 is 1.38 bits per heavy atom. The predicted molar refractivity (Wildman–Crippen MR) is 70.5 cm³/mol. The van der Waals surface area contributed by atoms with E-state index in [9.17, 15) is 0 Å². The second-order valence-corrected chi connectivity index (χ2v) is 6.18. The molecule has 2 aliphatic rings. The molecule has 1 unspecified atom stereocenters. The smallest absolute Gasteiger partial charge is 0.0250 e. The Labute approximate surface area is 106 Å². The molecule has 1 aromatic rings. The van der Waals surface area contributed by atoms with Crippen LogP contribution in [-0.2, 0) is 6.42 Å². The van der Waals surface area contributed by atoms with Gasteiger partial charge >= 0.3 is 0 Å². The van der Waals surface area contributed by atoms with Crippen LogP contribution in [0.5, 0.6) is 0 Å². The normalized spacial score (nSPS) is 29.6. The lowest BCUT2D eigenvalue weighted by Crippen LogP contribution is -2.44. The third-order valence-corrected chi connectivity index (χ3v) is 4.54. The minimum atomic E-state index is 0.431. The maximum atomic E-state index is 3.78. The van der Waals surface area contributed by atoms with E-state index < -0.39 is 0 Å². The molecule has 86 valence electrons. The fourth-order valence-electron chi connectivity index (χ4n) is 3.12. The molecule has 1 atom stereocenters. The lowest BCUT2D eigenvalue weighted by molar-refractivity contribution is 0.323. The quantitative estimate of drug-likeness (QED) is 0.893. The molecule has 1 aliphatic heterocycles. The van der Waals surface area contributed by atoms with Crippen molar-refractivity contribution in [2.24, 2.45) is 5.92 Å². The van der Waals surface area contributed by atoms with Gasteiger partial charge in [-0.05, 0) is 62.3 Å². The van der Waals surface area contributed by atoms with Crippen molar-refractivity contribution in [2.45, 2.75) is 37.6 Å². The van der Waals surface area contributed by atoms with Crippen LogP contribution in [0.1, 0.15) is 31.2 Å². The van der Waals surface area contributed by atoms with Crippen molar-refractivity contribution in [1.82, 2.24) is 5.32 Å². The van der Waals surface area contributed by atoms with Gasteiger partial charge in [-0.1, -0.05) is 28.1 Å². The molecule has 0 spiro atoms. The molecule has 1 saturated heterocycles. The van der Waals surface area contributed by atoms with Crippen molar-refractivity contribution in [3.63, 3.8) is 0 Å². The SMILES string of the molecule is Brc1cccc(CC2(C3CC3)CCCN2)c1. The van der Waals surface area contributed by atoms with Crippen LogP contribution >= 0.6 is 15.9 Å². The van der Waals surface area contributed by atoms with E-state index in [1.165, 1.54) is 48.7 Å². The summed E-state index contributed by atoms with van der Waals surface area (Å²) in [4.78, 5) is 0. The molecule has 0 amide bonds. The van der Waals surface area contributed by atoms with Gasteiger partial charge in [-0.25, -0.2) is 0 Å². The molecule has 0 radical (unpaired) electrons. The van der Waals surface area contributed by atoms with Gasteiger partial charge in [-0.2, -0.15) is 0 Å². The Hall–Kier alpha value is -0.340. The third kappa shape index (κ3) is 2.05. The molecule has 1 saturated carbocycles. The van der Waals surface area contributed by atoms with Gasteiger partial charge in [0.05, 0.1) is 0 Å². The van der Waals surface area contributed by atoms with E-state index >= 15 is 0 Å². The van der Waals surface area contributed by atoms with Gasteiger partial charge < -0.3 is 5.32 Å². The first-order valence-electron chi connectivity index (χ1n) is 6.28. The highest BCUT2D eigenvalue weighted by molar-refractivity contribution is 9.10. The second-order valence-electron chi connectivity index (χ2n) is 5.27. The molecule has 1 heterocycles. The van der Waals surface area contributed by atoms with Crippen LogP contribution in [0.15, 0.2) is 28.7 Å². The molecule has 3 rings (SSSR count). The zero-order valence-corrected chi connectivity index (χ0v) is 11.1. The van der Waals surface area contributed by atoms with Crippen LogP contribution in [0.4, 0.5) is 0 Å². The van der Waals surface area contributed by atoms with Crippen molar-refractivity contribution in [3.8, 4) is 0 Å². The summed E-state index contributed by atoms with van der Waals surface area (Å²) >= 11 is 3.56. The van der Waals surface area contributed by atoms with Crippen LogP contribution < -0.4 is 5.32 Å². The number of nitrogens with one attached hydrogen (secondary N) is 1. The average Bonchev–Trinajstić information content (AvgIpc) is 3.02. The number of benzene rings is 1. The predicted octanol–water partition coefficient (Wildman–Crippen LogP) is 3.52. The van der Waals surface area contributed by atoms with Gasteiger partial charge in [0.25, 0.3) is 0 Å². The van der Waals surface area contributed by atoms with E-state index in [0.29, 0.717) is 5.54 Å².